The zero-order valence-electron chi connectivity index (χ0n) is 12.8. The number of rotatable bonds is 4. The molecule has 0 bridgehead atoms. The Kier molecular flexibility index (Phi) is 3.74. The Bertz CT molecular complexity index is 771. The predicted molar refractivity (Wildman–Crippen MR) is 81.4 cm³/mol. The van der Waals surface area contributed by atoms with Crippen molar-refractivity contribution in [2.75, 3.05) is 0 Å². The van der Waals surface area contributed by atoms with Crippen molar-refractivity contribution in [1.29, 1.82) is 5.26 Å². The molecule has 0 aliphatic heterocycles. The Labute approximate surface area is 133 Å². The van der Waals surface area contributed by atoms with E-state index < -0.39 is 6.09 Å². The van der Waals surface area contributed by atoms with Crippen molar-refractivity contribution < 1.29 is 9.53 Å². The van der Waals surface area contributed by atoms with E-state index in [1.807, 2.05) is 29.8 Å². The molecule has 1 saturated carbocycles. The van der Waals surface area contributed by atoms with Crippen molar-refractivity contribution >= 4 is 6.09 Å². The van der Waals surface area contributed by atoms with Crippen LogP contribution in [0.25, 0.3) is 0 Å². The number of hydrogen-bond acceptors (Lipinski definition) is 5. The molecule has 1 heterocycles. The highest BCUT2D eigenvalue weighted by molar-refractivity contribution is 5.68. The molecule has 0 atom stereocenters. The summed E-state index contributed by atoms with van der Waals surface area (Å²) in [5, 5.41) is 17.2. The average Bonchev–Trinajstić information content (AvgIpc) is 2.87. The Balaban J connectivity index is 1.92. The lowest BCUT2D eigenvalue weighted by atomic mass is 9.57. The largest absolute Gasteiger partial charge is 0.410 e. The number of aryl methyl sites for hydroxylation is 1. The Hall–Kier alpha value is -2.88. The number of nitrogens with zero attached hydrogens (tertiary/aromatic N) is 4. The van der Waals surface area contributed by atoms with E-state index in [1.54, 1.807) is 12.4 Å². The maximum atomic E-state index is 10.9. The average molecular weight is 311 g/mol. The van der Waals surface area contributed by atoms with Crippen LogP contribution in [0.3, 0.4) is 0 Å². The molecule has 23 heavy (non-hydrogen) atoms. The first-order valence-corrected chi connectivity index (χ1v) is 7.33. The Morgan fingerprint density at radius 2 is 2.35 bits per heavy atom. The van der Waals surface area contributed by atoms with Crippen LogP contribution in [0.15, 0.2) is 30.6 Å². The third kappa shape index (κ3) is 2.88. The second-order valence-corrected chi connectivity index (χ2v) is 6.00. The minimum atomic E-state index is -0.840. The zero-order chi connectivity index (χ0) is 16.4. The number of ether oxygens (including phenoxy) is 1. The predicted octanol–water partition coefficient (Wildman–Crippen LogP) is 1.69. The second-order valence-electron chi connectivity index (χ2n) is 6.00. The van der Waals surface area contributed by atoms with Gasteiger partial charge in [-0.15, -0.1) is 10.2 Å². The molecule has 7 nitrogen and oxygen atoms in total. The van der Waals surface area contributed by atoms with Gasteiger partial charge in [0.1, 0.15) is 17.9 Å². The van der Waals surface area contributed by atoms with Gasteiger partial charge in [0, 0.05) is 24.8 Å². The van der Waals surface area contributed by atoms with Crippen LogP contribution in [0, 0.1) is 17.2 Å². The number of hydrogen-bond donors (Lipinski definition) is 1. The number of aromatic nitrogens is 3. The van der Waals surface area contributed by atoms with E-state index >= 15 is 0 Å². The number of carbonyl (C=O) groups excluding carboxylic acids is 1. The van der Waals surface area contributed by atoms with E-state index in [0.29, 0.717) is 12.2 Å². The standard InChI is InChI=1S/C16H17N5O2/c1-21-10-19-20-14(21)8-16(6-11(7-16)9-17)12-3-2-4-13(5-12)23-15(18)22/h2-5,10-11H,6-8H2,1H3,(H2,18,22). The molecule has 0 radical (unpaired) electrons. The zero-order valence-corrected chi connectivity index (χ0v) is 12.8. The summed E-state index contributed by atoms with van der Waals surface area (Å²) < 4.78 is 6.85. The number of benzene rings is 1. The first-order valence-electron chi connectivity index (χ1n) is 7.33. The summed E-state index contributed by atoms with van der Waals surface area (Å²) in [5.41, 5.74) is 5.90. The van der Waals surface area contributed by atoms with Crippen molar-refractivity contribution in [3.63, 3.8) is 0 Å². The van der Waals surface area contributed by atoms with Gasteiger partial charge in [0.2, 0.25) is 0 Å². The molecular weight excluding hydrogens is 294 g/mol. The van der Waals surface area contributed by atoms with Gasteiger partial charge in [0.15, 0.2) is 0 Å². The van der Waals surface area contributed by atoms with E-state index in [0.717, 1.165) is 24.2 Å². The summed E-state index contributed by atoms with van der Waals surface area (Å²) in [6.45, 7) is 0. The van der Waals surface area contributed by atoms with Crippen molar-refractivity contribution in [3.8, 4) is 11.8 Å². The Morgan fingerprint density at radius 1 is 1.57 bits per heavy atom. The fourth-order valence-electron chi connectivity index (χ4n) is 3.23. The van der Waals surface area contributed by atoms with Crippen LogP contribution in [0.1, 0.15) is 24.2 Å². The molecule has 1 aliphatic rings. The molecule has 7 heteroatoms. The van der Waals surface area contributed by atoms with Crippen molar-refractivity contribution in [1.82, 2.24) is 14.8 Å². The molecule has 0 spiro atoms. The molecule has 1 fully saturated rings. The third-order valence-electron chi connectivity index (χ3n) is 4.42. The smallest absolute Gasteiger partial charge is 0.409 e. The quantitative estimate of drug-likeness (QED) is 0.924. The minimum Gasteiger partial charge on any atom is -0.410 e. The molecule has 1 aliphatic carbocycles. The minimum absolute atomic E-state index is 0.0314. The molecule has 2 N–H and O–H groups in total. The molecule has 0 saturated heterocycles. The topological polar surface area (TPSA) is 107 Å². The molecule has 1 amide bonds. The van der Waals surface area contributed by atoms with E-state index in [4.69, 9.17) is 15.7 Å². The van der Waals surface area contributed by atoms with Gasteiger partial charge in [-0.3, -0.25) is 0 Å². The monoisotopic (exact) mass is 311 g/mol. The van der Waals surface area contributed by atoms with Crippen molar-refractivity contribution in [2.45, 2.75) is 24.7 Å². The lowest BCUT2D eigenvalue weighted by Crippen LogP contribution is -2.43. The first-order chi connectivity index (χ1) is 11.0. The normalized spacial score (nSPS) is 22.9. The lowest BCUT2D eigenvalue weighted by Gasteiger charge is -2.45. The van der Waals surface area contributed by atoms with Crippen LogP contribution in [-0.2, 0) is 18.9 Å². The highest BCUT2D eigenvalue weighted by Gasteiger charge is 2.46. The second kappa shape index (κ2) is 5.72. The maximum Gasteiger partial charge on any atom is 0.409 e. The lowest BCUT2D eigenvalue weighted by molar-refractivity contribution is 0.178. The van der Waals surface area contributed by atoms with Crippen LogP contribution >= 0.6 is 0 Å². The number of amides is 1. The number of nitriles is 1. The number of primary amides is 1. The van der Waals surface area contributed by atoms with Gasteiger partial charge in [-0.1, -0.05) is 12.1 Å². The summed E-state index contributed by atoms with van der Waals surface area (Å²) in [5.74, 6) is 1.30. The summed E-state index contributed by atoms with van der Waals surface area (Å²) in [6, 6.07) is 9.63. The van der Waals surface area contributed by atoms with E-state index in [1.165, 1.54) is 0 Å². The molecule has 1 aromatic carbocycles. The van der Waals surface area contributed by atoms with E-state index in [9.17, 15) is 4.79 Å². The van der Waals surface area contributed by atoms with Crippen LogP contribution in [0.5, 0.6) is 5.75 Å². The molecule has 118 valence electrons. The first kappa shape index (κ1) is 15.0. The highest BCUT2D eigenvalue weighted by atomic mass is 16.5. The fraction of sp³-hybridized carbons (Fsp3) is 0.375. The van der Waals surface area contributed by atoms with Gasteiger partial charge < -0.3 is 15.0 Å². The summed E-state index contributed by atoms with van der Waals surface area (Å²) in [7, 11) is 1.90. The summed E-state index contributed by atoms with van der Waals surface area (Å²) >= 11 is 0. The van der Waals surface area contributed by atoms with Crippen LogP contribution < -0.4 is 10.5 Å². The molecule has 0 unspecified atom stereocenters. The Morgan fingerprint density at radius 3 is 2.96 bits per heavy atom. The van der Waals surface area contributed by atoms with Crippen LogP contribution in [0.2, 0.25) is 0 Å². The fourth-order valence-corrected chi connectivity index (χ4v) is 3.23. The highest BCUT2D eigenvalue weighted by Crippen LogP contribution is 2.50. The van der Waals surface area contributed by atoms with Gasteiger partial charge in [0.25, 0.3) is 0 Å². The number of carbonyl (C=O) groups is 1. The van der Waals surface area contributed by atoms with Gasteiger partial charge in [-0.25, -0.2) is 4.79 Å². The van der Waals surface area contributed by atoms with Gasteiger partial charge in [0.05, 0.1) is 6.07 Å². The van der Waals surface area contributed by atoms with Crippen molar-refractivity contribution in [3.05, 3.63) is 42.0 Å². The van der Waals surface area contributed by atoms with E-state index in [2.05, 4.69) is 16.3 Å². The SMILES string of the molecule is Cn1cnnc1CC1(c2cccc(OC(N)=O)c2)CC(C#N)C1. The molecule has 3 rings (SSSR count). The van der Waals surface area contributed by atoms with E-state index in [-0.39, 0.29) is 11.3 Å². The summed E-state index contributed by atoms with van der Waals surface area (Å²) in [4.78, 5) is 10.9. The molecular formula is C16H17N5O2. The maximum absolute atomic E-state index is 10.9. The van der Waals surface area contributed by atoms with Gasteiger partial charge in [-0.2, -0.15) is 5.26 Å². The van der Waals surface area contributed by atoms with Crippen molar-refractivity contribution in [2.24, 2.45) is 18.7 Å². The third-order valence-corrected chi connectivity index (χ3v) is 4.42. The number of nitrogens with two attached hydrogens (primary N) is 1. The van der Waals surface area contributed by atoms with Crippen LogP contribution in [0.4, 0.5) is 4.79 Å². The van der Waals surface area contributed by atoms with Gasteiger partial charge >= 0.3 is 6.09 Å². The summed E-state index contributed by atoms with van der Waals surface area (Å²) in [6.07, 6.45) is 3.00. The molecule has 1 aromatic heterocycles. The van der Waals surface area contributed by atoms with Gasteiger partial charge in [-0.05, 0) is 30.5 Å². The molecule has 2 aromatic rings. The van der Waals surface area contributed by atoms with Crippen LogP contribution in [-0.4, -0.2) is 20.9 Å².